The third-order valence-corrected chi connectivity index (χ3v) is 4.32. The molecule has 20 heavy (non-hydrogen) atoms. The summed E-state index contributed by atoms with van der Waals surface area (Å²) in [7, 11) is 0. The summed E-state index contributed by atoms with van der Waals surface area (Å²) in [5, 5.41) is 2.81. The predicted molar refractivity (Wildman–Crippen MR) is 73.6 cm³/mol. The minimum Gasteiger partial charge on any atom is -0.349 e. The quantitative estimate of drug-likeness (QED) is 0.834. The number of aromatic nitrogens is 2. The third-order valence-electron chi connectivity index (χ3n) is 4.32. The molecule has 0 radical (unpaired) electrons. The molecular weight excluding hydrogens is 256 g/mol. The van der Waals surface area contributed by atoms with Crippen LogP contribution in [0.5, 0.6) is 0 Å². The highest BCUT2D eigenvalue weighted by Gasteiger charge is 2.32. The second-order valence-electron chi connectivity index (χ2n) is 5.88. The van der Waals surface area contributed by atoms with E-state index in [0.29, 0.717) is 23.9 Å². The zero-order chi connectivity index (χ0) is 14.3. The number of nitrogens with one attached hydrogen (secondary N) is 1. The van der Waals surface area contributed by atoms with Crippen LogP contribution in [-0.2, 0) is 0 Å². The molecule has 108 valence electrons. The molecule has 3 rings (SSSR count). The van der Waals surface area contributed by atoms with Crippen LogP contribution in [0.15, 0.2) is 6.33 Å². The van der Waals surface area contributed by atoms with Crippen molar-refractivity contribution in [3.8, 4) is 0 Å². The van der Waals surface area contributed by atoms with Crippen molar-refractivity contribution < 1.29 is 9.59 Å². The summed E-state index contributed by atoms with van der Waals surface area (Å²) in [5.74, 6) is 0.350. The van der Waals surface area contributed by atoms with Crippen molar-refractivity contribution >= 4 is 11.8 Å². The first kappa shape index (κ1) is 13.1. The van der Waals surface area contributed by atoms with Gasteiger partial charge in [0.15, 0.2) is 5.69 Å². The van der Waals surface area contributed by atoms with Crippen LogP contribution < -0.4 is 5.32 Å². The van der Waals surface area contributed by atoms with Gasteiger partial charge < -0.3 is 14.8 Å². The van der Waals surface area contributed by atoms with Crippen LogP contribution >= 0.6 is 0 Å². The topological polar surface area (TPSA) is 67.2 Å². The van der Waals surface area contributed by atoms with Gasteiger partial charge in [-0.2, -0.15) is 0 Å². The van der Waals surface area contributed by atoms with Gasteiger partial charge in [-0.3, -0.25) is 9.59 Å². The monoisotopic (exact) mass is 276 g/mol. The van der Waals surface area contributed by atoms with Crippen LogP contribution in [0.4, 0.5) is 0 Å². The van der Waals surface area contributed by atoms with Crippen molar-refractivity contribution in [2.24, 2.45) is 5.92 Å². The van der Waals surface area contributed by atoms with Crippen molar-refractivity contribution in [1.82, 2.24) is 19.8 Å². The minimum absolute atomic E-state index is 0.116. The lowest BCUT2D eigenvalue weighted by atomic mass is 9.99. The summed E-state index contributed by atoms with van der Waals surface area (Å²) in [5.41, 5.74) is 0.705. The van der Waals surface area contributed by atoms with Gasteiger partial charge in [0.2, 0.25) is 0 Å². The fourth-order valence-corrected chi connectivity index (χ4v) is 2.86. The second kappa shape index (κ2) is 4.92. The molecule has 1 N–H and O–H groups in total. The third kappa shape index (κ3) is 2.09. The van der Waals surface area contributed by atoms with Crippen molar-refractivity contribution in [2.45, 2.75) is 32.7 Å². The number of hydrogen-bond donors (Lipinski definition) is 1. The number of likely N-dealkylation sites (tertiary alicyclic amines) is 1. The van der Waals surface area contributed by atoms with Gasteiger partial charge in [-0.05, 0) is 25.7 Å². The summed E-state index contributed by atoms with van der Waals surface area (Å²) >= 11 is 0. The molecule has 6 nitrogen and oxygen atoms in total. The maximum Gasteiger partial charge on any atom is 0.274 e. The maximum atomic E-state index is 12.6. The molecule has 1 atom stereocenters. The Morgan fingerprint density at radius 3 is 2.75 bits per heavy atom. The van der Waals surface area contributed by atoms with Gasteiger partial charge in [0.05, 0.1) is 6.33 Å². The van der Waals surface area contributed by atoms with Gasteiger partial charge >= 0.3 is 0 Å². The average molecular weight is 276 g/mol. The zero-order valence-corrected chi connectivity index (χ0v) is 11.9. The first-order valence-corrected chi connectivity index (χ1v) is 7.22. The molecule has 3 heterocycles. The van der Waals surface area contributed by atoms with E-state index in [1.54, 1.807) is 10.9 Å². The van der Waals surface area contributed by atoms with E-state index in [1.807, 2.05) is 11.8 Å². The fraction of sp³-hybridized carbons (Fsp3) is 0.643. The van der Waals surface area contributed by atoms with Gasteiger partial charge in [-0.1, -0.05) is 6.92 Å². The lowest BCUT2D eigenvalue weighted by molar-refractivity contribution is 0.0684. The van der Waals surface area contributed by atoms with E-state index in [-0.39, 0.29) is 17.9 Å². The van der Waals surface area contributed by atoms with Gasteiger partial charge in [-0.15, -0.1) is 0 Å². The largest absolute Gasteiger partial charge is 0.349 e. The van der Waals surface area contributed by atoms with Crippen LogP contribution in [0, 0.1) is 5.92 Å². The van der Waals surface area contributed by atoms with E-state index >= 15 is 0 Å². The molecule has 2 aliphatic heterocycles. The lowest BCUT2D eigenvalue weighted by Gasteiger charge is -2.30. The van der Waals surface area contributed by atoms with Gasteiger partial charge in [0, 0.05) is 25.7 Å². The summed E-state index contributed by atoms with van der Waals surface area (Å²) in [6.45, 7) is 6.29. The Bertz CT molecular complexity index is 543. The van der Waals surface area contributed by atoms with Crippen molar-refractivity contribution in [3.05, 3.63) is 17.7 Å². The molecule has 1 saturated heterocycles. The minimum atomic E-state index is -0.200. The molecule has 0 aliphatic carbocycles. The smallest absolute Gasteiger partial charge is 0.274 e. The van der Waals surface area contributed by atoms with Gasteiger partial charge in [0.25, 0.3) is 11.8 Å². The van der Waals surface area contributed by atoms with E-state index < -0.39 is 0 Å². The second-order valence-corrected chi connectivity index (χ2v) is 5.88. The Kier molecular flexibility index (Phi) is 3.23. The number of fused-ring (bicyclic) bond motifs is 1. The number of piperidine rings is 1. The van der Waals surface area contributed by atoms with Crippen LogP contribution in [0.1, 0.15) is 53.7 Å². The highest BCUT2D eigenvalue weighted by atomic mass is 16.2. The molecule has 0 unspecified atom stereocenters. The molecule has 2 aliphatic rings. The summed E-state index contributed by atoms with van der Waals surface area (Å²) in [6.07, 6.45) is 3.65. The molecule has 6 heteroatoms. The molecule has 2 amide bonds. The normalized spacial score (nSPS) is 23.4. The van der Waals surface area contributed by atoms with E-state index in [9.17, 15) is 9.59 Å². The predicted octanol–water partition coefficient (Wildman–Crippen LogP) is 1.06. The lowest BCUT2D eigenvalue weighted by Crippen LogP contribution is -2.41. The summed E-state index contributed by atoms with van der Waals surface area (Å²) in [6, 6.07) is 0.137. The Labute approximate surface area is 118 Å². The fourth-order valence-electron chi connectivity index (χ4n) is 2.86. The Morgan fingerprint density at radius 2 is 2.05 bits per heavy atom. The average Bonchev–Trinajstić information content (AvgIpc) is 2.89. The molecule has 1 aromatic rings. The van der Waals surface area contributed by atoms with Crippen molar-refractivity contribution in [2.75, 3.05) is 19.6 Å². The standard InChI is InChI=1S/C14H20N4O2/c1-9-3-5-17(6-4-9)14(20)11-12-13(19)15-7-10(2)18(12)8-16-11/h8-10H,3-7H2,1-2H3,(H,15,19)/t10-/m0/s1. The van der Waals surface area contributed by atoms with Gasteiger partial charge in [0.1, 0.15) is 5.69 Å². The highest BCUT2D eigenvalue weighted by molar-refractivity contribution is 6.05. The van der Waals surface area contributed by atoms with E-state index in [1.165, 1.54) is 0 Å². The van der Waals surface area contributed by atoms with Crippen molar-refractivity contribution in [1.29, 1.82) is 0 Å². The molecule has 0 aromatic carbocycles. The maximum absolute atomic E-state index is 12.6. The van der Waals surface area contributed by atoms with Crippen LogP contribution in [0.2, 0.25) is 0 Å². The molecule has 1 fully saturated rings. The number of rotatable bonds is 1. The number of amides is 2. The Hall–Kier alpha value is -1.85. The first-order chi connectivity index (χ1) is 9.58. The number of imidazole rings is 1. The molecular formula is C14H20N4O2. The number of carbonyl (C=O) groups is 2. The van der Waals surface area contributed by atoms with Crippen LogP contribution in [0.25, 0.3) is 0 Å². The Balaban J connectivity index is 1.88. The summed E-state index contributed by atoms with van der Waals surface area (Å²) < 4.78 is 1.80. The van der Waals surface area contributed by atoms with Gasteiger partial charge in [-0.25, -0.2) is 4.98 Å². The van der Waals surface area contributed by atoms with Crippen LogP contribution in [0.3, 0.4) is 0 Å². The number of nitrogens with zero attached hydrogens (tertiary/aromatic N) is 3. The van der Waals surface area contributed by atoms with E-state index in [0.717, 1.165) is 25.9 Å². The molecule has 1 aromatic heterocycles. The van der Waals surface area contributed by atoms with E-state index in [4.69, 9.17) is 0 Å². The SMILES string of the molecule is CC1CCN(C(=O)c2ncn3c2C(=O)NC[C@@H]3C)CC1. The van der Waals surface area contributed by atoms with Crippen LogP contribution in [-0.4, -0.2) is 45.9 Å². The molecule has 0 bridgehead atoms. The van der Waals surface area contributed by atoms with E-state index in [2.05, 4.69) is 17.2 Å². The first-order valence-electron chi connectivity index (χ1n) is 7.22. The number of carbonyl (C=O) groups excluding carboxylic acids is 2. The molecule has 0 saturated carbocycles. The number of hydrogen-bond acceptors (Lipinski definition) is 3. The summed E-state index contributed by atoms with van der Waals surface area (Å²) in [4.78, 5) is 30.6. The zero-order valence-electron chi connectivity index (χ0n) is 11.9. The van der Waals surface area contributed by atoms with Crippen molar-refractivity contribution in [3.63, 3.8) is 0 Å². The highest BCUT2D eigenvalue weighted by Crippen LogP contribution is 2.22. The Morgan fingerprint density at radius 1 is 1.35 bits per heavy atom. The molecule has 0 spiro atoms.